The Morgan fingerprint density at radius 2 is 1.84 bits per heavy atom. The Hall–Kier alpha value is -2.69. The van der Waals surface area contributed by atoms with E-state index < -0.39 is 0 Å². The molecule has 0 spiro atoms. The molecule has 0 N–H and O–H groups in total. The lowest BCUT2D eigenvalue weighted by Crippen LogP contribution is -2.39. The molecule has 1 aliphatic heterocycles. The predicted octanol–water partition coefficient (Wildman–Crippen LogP) is 3.92. The van der Waals surface area contributed by atoms with E-state index in [1.54, 1.807) is 18.2 Å². The van der Waals surface area contributed by atoms with E-state index in [1.165, 1.54) is 6.07 Å². The second kappa shape index (κ2) is 6.67. The number of oxazole rings is 1. The normalized spacial score (nSPS) is 15.6. The van der Waals surface area contributed by atoms with Crippen LogP contribution in [-0.4, -0.2) is 28.9 Å². The van der Waals surface area contributed by atoms with Gasteiger partial charge in [0.1, 0.15) is 11.3 Å². The molecule has 0 radical (unpaired) electrons. The summed E-state index contributed by atoms with van der Waals surface area (Å²) >= 11 is 0. The van der Waals surface area contributed by atoms with Gasteiger partial charge in [-0.1, -0.05) is 30.3 Å². The van der Waals surface area contributed by atoms with Gasteiger partial charge in [-0.05, 0) is 36.6 Å². The smallest absolute Gasteiger partial charge is 0.227 e. The Morgan fingerprint density at radius 3 is 2.60 bits per heavy atom. The molecular weight excluding hydrogens is 319 g/mol. The number of rotatable bonds is 3. The van der Waals surface area contributed by atoms with Crippen molar-refractivity contribution in [3.63, 3.8) is 0 Å². The first-order valence-corrected chi connectivity index (χ1v) is 8.57. The van der Waals surface area contributed by atoms with Crippen molar-refractivity contribution in [1.29, 1.82) is 0 Å². The summed E-state index contributed by atoms with van der Waals surface area (Å²) in [4.78, 5) is 18.8. The molecule has 1 fully saturated rings. The second-order valence-electron chi connectivity index (χ2n) is 6.44. The number of nitrogens with zero attached hydrogens (tertiary/aromatic N) is 2. The maximum Gasteiger partial charge on any atom is 0.227 e. The molecule has 2 heterocycles. The van der Waals surface area contributed by atoms with Crippen molar-refractivity contribution in [2.24, 2.45) is 0 Å². The van der Waals surface area contributed by atoms with Crippen LogP contribution in [0.1, 0.15) is 30.2 Å². The molecule has 1 amide bonds. The van der Waals surface area contributed by atoms with Gasteiger partial charge in [0.15, 0.2) is 11.5 Å². The maximum atomic E-state index is 13.7. The number of fused-ring (bicyclic) bond motifs is 1. The summed E-state index contributed by atoms with van der Waals surface area (Å²) in [5.74, 6) is 0.630. The molecule has 0 saturated carbocycles. The molecule has 1 saturated heterocycles. The number of benzene rings is 2. The third-order valence-corrected chi connectivity index (χ3v) is 4.81. The molecule has 25 heavy (non-hydrogen) atoms. The quantitative estimate of drug-likeness (QED) is 0.727. The van der Waals surface area contributed by atoms with Crippen LogP contribution in [0.25, 0.3) is 11.1 Å². The molecule has 0 aliphatic carbocycles. The number of amides is 1. The molecule has 3 aromatic rings. The molecule has 1 aromatic heterocycles. The van der Waals surface area contributed by atoms with Crippen LogP contribution in [0, 0.1) is 5.82 Å². The van der Waals surface area contributed by atoms with Crippen molar-refractivity contribution >= 4 is 17.0 Å². The number of para-hydroxylation sites is 2. The third-order valence-electron chi connectivity index (χ3n) is 4.81. The lowest BCUT2D eigenvalue weighted by atomic mass is 9.96. The fraction of sp³-hybridized carbons (Fsp3) is 0.300. The third kappa shape index (κ3) is 3.27. The summed E-state index contributed by atoms with van der Waals surface area (Å²) in [6.45, 7) is 1.30. The molecule has 4 nitrogen and oxygen atoms in total. The Morgan fingerprint density at radius 1 is 1.12 bits per heavy atom. The summed E-state index contributed by atoms with van der Waals surface area (Å²) in [6, 6.07) is 14.2. The molecule has 0 bridgehead atoms. The van der Waals surface area contributed by atoms with Gasteiger partial charge in [0, 0.05) is 19.0 Å². The number of carbonyl (C=O) groups is 1. The van der Waals surface area contributed by atoms with E-state index in [0.29, 0.717) is 18.7 Å². The number of likely N-dealkylation sites (tertiary alicyclic amines) is 1. The highest BCUT2D eigenvalue weighted by Crippen LogP contribution is 2.30. The number of hydrogen-bond acceptors (Lipinski definition) is 3. The van der Waals surface area contributed by atoms with Crippen LogP contribution in [0.3, 0.4) is 0 Å². The summed E-state index contributed by atoms with van der Waals surface area (Å²) < 4.78 is 19.6. The highest BCUT2D eigenvalue weighted by atomic mass is 19.1. The Labute approximate surface area is 145 Å². The van der Waals surface area contributed by atoms with E-state index in [4.69, 9.17) is 4.42 Å². The molecule has 4 rings (SSSR count). The summed E-state index contributed by atoms with van der Waals surface area (Å²) in [5.41, 5.74) is 2.12. The minimum atomic E-state index is -0.322. The Bertz CT molecular complexity index is 864. The van der Waals surface area contributed by atoms with Gasteiger partial charge in [0.25, 0.3) is 0 Å². The average molecular weight is 338 g/mol. The van der Waals surface area contributed by atoms with Gasteiger partial charge >= 0.3 is 0 Å². The fourth-order valence-corrected chi connectivity index (χ4v) is 3.36. The molecule has 128 valence electrons. The van der Waals surface area contributed by atoms with Crippen molar-refractivity contribution in [2.45, 2.75) is 25.2 Å². The molecule has 5 heteroatoms. The summed E-state index contributed by atoms with van der Waals surface area (Å²) in [7, 11) is 0. The summed E-state index contributed by atoms with van der Waals surface area (Å²) in [5, 5.41) is 0. The Balaban J connectivity index is 1.39. The van der Waals surface area contributed by atoms with Crippen LogP contribution < -0.4 is 0 Å². The number of aromatic nitrogens is 1. The first kappa shape index (κ1) is 15.8. The van der Waals surface area contributed by atoms with Gasteiger partial charge in [0.2, 0.25) is 5.91 Å². The van der Waals surface area contributed by atoms with E-state index in [1.807, 2.05) is 29.2 Å². The van der Waals surface area contributed by atoms with Gasteiger partial charge in [-0.3, -0.25) is 4.79 Å². The zero-order chi connectivity index (χ0) is 17.2. The largest absolute Gasteiger partial charge is 0.440 e. The van der Waals surface area contributed by atoms with Gasteiger partial charge in [-0.15, -0.1) is 0 Å². The lowest BCUT2D eigenvalue weighted by molar-refractivity contribution is -0.131. The van der Waals surface area contributed by atoms with E-state index in [2.05, 4.69) is 4.98 Å². The lowest BCUT2D eigenvalue weighted by Gasteiger charge is -2.30. The zero-order valence-corrected chi connectivity index (χ0v) is 13.8. The molecule has 2 aromatic carbocycles. The Kier molecular flexibility index (Phi) is 4.22. The van der Waals surface area contributed by atoms with Crippen LogP contribution in [0.15, 0.2) is 52.9 Å². The van der Waals surface area contributed by atoms with Crippen molar-refractivity contribution in [3.8, 4) is 0 Å². The average Bonchev–Trinajstić information content (AvgIpc) is 3.08. The van der Waals surface area contributed by atoms with E-state index in [0.717, 1.165) is 29.8 Å². The monoisotopic (exact) mass is 338 g/mol. The van der Waals surface area contributed by atoms with Gasteiger partial charge < -0.3 is 9.32 Å². The fourth-order valence-electron chi connectivity index (χ4n) is 3.36. The number of carbonyl (C=O) groups excluding carboxylic acids is 1. The summed E-state index contributed by atoms with van der Waals surface area (Å²) in [6.07, 6.45) is 1.74. The second-order valence-corrected chi connectivity index (χ2v) is 6.44. The topological polar surface area (TPSA) is 46.3 Å². The SMILES string of the molecule is O=C(Cc1ccccc1F)N1CCC(c2nc3ccccc3o2)CC1. The maximum absolute atomic E-state index is 13.7. The van der Waals surface area contributed by atoms with Crippen molar-refractivity contribution in [3.05, 3.63) is 65.8 Å². The number of halogens is 1. The van der Waals surface area contributed by atoms with Crippen LogP contribution in [-0.2, 0) is 11.2 Å². The van der Waals surface area contributed by atoms with E-state index >= 15 is 0 Å². The van der Waals surface area contributed by atoms with Crippen molar-refractivity contribution in [1.82, 2.24) is 9.88 Å². The van der Waals surface area contributed by atoms with E-state index in [9.17, 15) is 9.18 Å². The van der Waals surface area contributed by atoms with Crippen molar-refractivity contribution in [2.75, 3.05) is 13.1 Å². The minimum absolute atomic E-state index is 0.0267. The van der Waals surface area contributed by atoms with Gasteiger partial charge in [0.05, 0.1) is 6.42 Å². The van der Waals surface area contributed by atoms with Crippen LogP contribution in [0.4, 0.5) is 4.39 Å². The zero-order valence-electron chi connectivity index (χ0n) is 13.8. The molecule has 1 aliphatic rings. The van der Waals surface area contributed by atoms with Crippen molar-refractivity contribution < 1.29 is 13.6 Å². The van der Waals surface area contributed by atoms with E-state index in [-0.39, 0.29) is 24.1 Å². The highest BCUT2D eigenvalue weighted by molar-refractivity contribution is 5.79. The first-order valence-electron chi connectivity index (χ1n) is 8.57. The van der Waals surface area contributed by atoms with Crippen LogP contribution in [0.2, 0.25) is 0 Å². The first-order chi connectivity index (χ1) is 12.2. The van der Waals surface area contributed by atoms with Gasteiger partial charge in [-0.2, -0.15) is 0 Å². The van der Waals surface area contributed by atoms with Crippen LogP contribution in [0.5, 0.6) is 0 Å². The minimum Gasteiger partial charge on any atom is -0.440 e. The molecule has 0 atom stereocenters. The van der Waals surface area contributed by atoms with Gasteiger partial charge in [-0.25, -0.2) is 9.37 Å². The molecular formula is C20H19FN2O2. The highest BCUT2D eigenvalue weighted by Gasteiger charge is 2.27. The molecule has 0 unspecified atom stereocenters. The van der Waals surface area contributed by atoms with Crippen LogP contribution >= 0.6 is 0 Å². The number of piperidine rings is 1. The predicted molar refractivity (Wildman–Crippen MR) is 92.7 cm³/mol. The number of hydrogen-bond donors (Lipinski definition) is 0. The standard InChI is InChI=1S/C20H19FN2O2/c21-16-6-2-1-5-15(16)13-19(24)23-11-9-14(10-12-23)20-22-17-7-3-4-8-18(17)25-20/h1-8,14H,9-13H2.